The molecule has 2 aromatic heterocycles. The molecule has 12 heteroatoms. The van der Waals surface area contributed by atoms with Crippen molar-refractivity contribution in [3.63, 3.8) is 0 Å². The highest BCUT2D eigenvalue weighted by Crippen LogP contribution is 2.49. The zero-order valence-electron chi connectivity index (χ0n) is 24.9. The SMILES string of the molecule is COC1C2O[Si](C(C)C)(C(C)C)O[Si](C(C)C)(C(C)C)OC[C@H]2O[C@H]1n1cnc2c(NC(C)C)ncnc21. The van der Waals surface area contributed by atoms with Gasteiger partial charge in [0.1, 0.15) is 24.6 Å². The topological polar surface area (TPSA) is 102 Å². The predicted octanol–water partition coefficient (Wildman–Crippen LogP) is 5.52. The third-order valence-electron chi connectivity index (χ3n) is 7.95. The smallest absolute Gasteiger partial charge is 0.335 e. The van der Waals surface area contributed by atoms with Crippen LogP contribution in [0.4, 0.5) is 5.82 Å². The number of hydrogen-bond acceptors (Lipinski definition) is 9. The highest BCUT2D eigenvalue weighted by Gasteiger charge is 2.62. The van der Waals surface area contributed by atoms with E-state index in [4.69, 9.17) is 22.4 Å². The van der Waals surface area contributed by atoms with Gasteiger partial charge in [0.05, 0.1) is 12.9 Å². The van der Waals surface area contributed by atoms with Gasteiger partial charge in [-0.1, -0.05) is 55.4 Å². The van der Waals surface area contributed by atoms with Gasteiger partial charge in [-0.2, -0.15) is 0 Å². The van der Waals surface area contributed by atoms with E-state index in [0.717, 1.165) is 0 Å². The number of ether oxygens (including phenoxy) is 2. The Morgan fingerprint density at radius 3 is 2.11 bits per heavy atom. The van der Waals surface area contributed by atoms with Crippen molar-refractivity contribution in [3.8, 4) is 0 Å². The van der Waals surface area contributed by atoms with Crippen molar-refractivity contribution in [1.82, 2.24) is 19.5 Å². The molecule has 38 heavy (non-hydrogen) atoms. The third-order valence-corrected chi connectivity index (χ3v) is 18.2. The molecule has 0 radical (unpaired) electrons. The Labute approximate surface area is 229 Å². The van der Waals surface area contributed by atoms with E-state index in [1.807, 2.05) is 4.57 Å². The fourth-order valence-corrected chi connectivity index (χ4v) is 17.2. The van der Waals surface area contributed by atoms with Gasteiger partial charge in [-0.05, 0) is 36.0 Å². The number of rotatable bonds is 8. The summed E-state index contributed by atoms with van der Waals surface area (Å²) in [5, 5.41) is 3.36. The maximum atomic E-state index is 7.34. The number of aromatic nitrogens is 4. The highest BCUT2D eigenvalue weighted by molar-refractivity contribution is 6.84. The predicted molar refractivity (Wildman–Crippen MR) is 153 cm³/mol. The first-order chi connectivity index (χ1) is 17.9. The van der Waals surface area contributed by atoms with Crippen molar-refractivity contribution in [3.05, 3.63) is 12.7 Å². The zero-order chi connectivity index (χ0) is 28.0. The number of imidazole rings is 1. The molecule has 2 aromatic rings. The molecule has 4 heterocycles. The first-order valence-electron chi connectivity index (χ1n) is 14.0. The van der Waals surface area contributed by atoms with Gasteiger partial charge < -0.3 is 27.8 Å². The number of nitrogens with zero attached hydrogens (tertiary/aromatic N) is 4. The van der Waals surface area contributed by atoms with E-state index >= 15 is 0 Å². The fraction of sp³-hybridized carbons (Fsp3) is 0.808. The van der Waals surface area contributed by atoms with Crippen LogP contribution in [0.2, 0.25) is 22.2 Å². The Bertz CT molecular complexity index is 1080. The summed E-state index contributed by atoms with van der Waals surface area (Å²) in [7, 11) is -3.75. The number of hydrogen-bond donors (Lipinski definition) is 1. The first kappa shape index (κ1) is 29.6. The van der Waals surface area contributed by atoms with Crippen LogP contribution in [0.3, 0.4) is 0 Å². The molecule has 2 aliphatic rings. The third kappa shape index (κ3) is 4.97. The average Bonchev–Trinajstić information content (AvgIpc) is 3.39. The van der Waals surface area contributed by atoms with Gasteiger partial charge in [0.15, 0.2) is 23.2 Å². The monoisotopic (exact) mass is 565 g/mol. The summed E-state index contributed by atoms with van der Waals surface area (Å²) in [4.78, 5) is 13.6. The Morgan fingerprint density at radius 1 is 0.921 bits per heavy atom. The van der Waals surface area contributed by atoms with Crippen molar-refractivity contribution in [2.45, 2.75) is 122 Å². The van der Waals surface area contributed by atoms with Crippen LogP contribution in [0.5, 0.6) is 0 Å². The zero-order valence-corrected chi connectivity index (χ0v) is 26.9. The lowest BCUT2D eigenvalue weighted by atomic mass is 10.1. The number of nitrogens with one attached hydrogen (secondary N) is 1. The van der Waals surface area contributed by atoms with Crippen LogP contribution in [0.15, 0.2) is 12.7 Å². The Morgan fingerprint density at radius 2 is 1.55 bits per heavy atom. The Kier molecular flexibility index (Phi) is 8.73. The largest absolute Gasteiger partial charge is 0.414 e. The highest BCUT2D eigenvalue weighted by atomic mass is 28.5. The molecular weight excluding hydrogens is 518 g/mol. The molecule has 2 aliphatic heterocycles. The normalized spacial score (nSPS) is 27.5. The van der Waals surface area contributed by atoms with Gasteiger partial charge in [0.25, 0.3) is 0 Å². The average molecular weight is 566 g/mol. The summed E-state index contributed by atoms with van der Waals surface area (Å²) < 4.78 is 36.3. The van der Waals surface area contributed by atoms with E-state index in [2.05, 4.69) is 89.5 Å². The minimum absolute atomic E-state index is 0.213. The second-order valence-electron chi connectivity index (χ2n) is 12.2. The van der Waals surface area contributed by atoms with Crippen LogP contribution in [0.25, 0.3) is 11.2 Å². The van der Waals surface area contributed by atoms with E-state index in [-0.39, 0.29) is 40.4 Å². The molecule has 0 aliphatic carbocycles. The van der Waals surface area contributed by atoms with Crippen LogP contribution in [0.1, 0.15) is 75.5 Å². The summed E-state index contributed by atoms with van der Waals surface area (Å²) in [6, 6.07) is 0.213. The van der Waals surface area contributed by atoms with Crippen LogP contribution in [-0.4, -0.2) is 74.7 Å². The molecule has 0 bridgehead atoms. The Balaban J connectivity index is 1.78. The number of anilines is 1. The number of fused-ring (bicyclic) bond motifs is 2. The summed E-state index contributed by atoms with van der Waals surface area (Å²) in [5.41, 5.74) is 2.36. The minimum Gasteiger partial charge on any atom is -0.414 e. The molecule has 214 valence electrons. The molecule has 0 spiro atoms. The van der Waals surface area contributed by atoms with Crippen molar-refractivity contribution in [2.75, 3.05) is 19.0 Å². The lowest BCUT2D eigenvalue weighted by Crippen LogP contribution is -2.65. The molecule has 4 atom stereocenters. The molecular formula is C26H47N5O5Si2. The fourth-order valence-electron chi connectivity index (χ4n) is 6.01. The molecule has 4 rings (SSSR count). The molecule has 2 saturated heterocycles. The van der Waals surface area contributed by atoms with E-state index in [1.165, 1.54) is 0 Å². The number of methoxy groups -OCH3 is 1. The first-order valence-corrected chi connectivity index (χ1v) is 18.0. The maximum Gasteiger partial charge on any atom is 0.335 e. The summed E-state index contributed by atoms with van der Waals surface area (Å²) in [6.07, 6.45) is 1.78. The Hall–Kier alpha value is -1.42. The van der Waals surface area contributed by atoms with Crippen LogP contribution < -0.4 is 5.32 Å². The maximum absolute atomic E-state index is 7.34. The van der Waals surface area contributed by atoms with Gasteiger partial charge in [0, 0.05) is 13.2 Å². The van der Waals surface area contributed by atoms with Crippen LogP contribution in [-0.2, 0) is 22.4 Å². The lowest BCUT2D eigenvalue weighted by molar-refractivity contribution is -0.0602. The van der Waals surface area contributed by atoms with Crippen LogP contribution in [0, 0.1) is 0 Å². The molecule has 2 fully saturated rings. The van der Waals surface area contributed by atoms with Gasteiger partial charge in [-0.3, -0.25) is 4.57 Å². The summed E-state index contributed by atoms with van der Waals surface area (Å²) in [5.74, 6) is 0.699. The van der Waals surface area contributed by atoms with E-state index in [0.29, 0.717) is 23.6 Å². The van der Waals surface area contributed by atoms with Gasteiger partial charge >= 0.3 is 17.1 Å². The molecule has 2 unspecified atom stereocenters. The molecule has 1 N–H and O–H groups in total. The molecule has 0 saturated carbocycles. The van der Waals surface area contributed by atoms with Gasteiger partial charge in [-0.25, -0.2) is 15.0 Å². The molecule has 10 nitrogen and oxygen atoms in total. The van der Waals surface area contributed by atoms with E-state index < -0.39 is 29.5 Å². The summed E-state index contributed by atoms with van der Waals surface area (Å²) >= 11 is 0. The molecule has 0 amide bonds. The van der Waals surface area contributed by atoms with E-state index in [9.17, 15) is 0 Å². The van der Waals surface area contributed by atoms with Crippen LogP contribution >= 0.6 is 0 Å². The van der Waals surface area contributed by atoms with E-state index in [1.54, 1.807) is 19.8 Å². The minimum atomic E-state index is -2.80. The quantitative estimate of drug-likeness (QED) is 0.415. The second-order valence-corrected chi connectivity index (χ2v) is 21.0. The summed E-state index contributed by atoms with van der Waals surface area (Å²) in [6.45, 7) is 22.3. The van der Waals surface area contributed by atoms with Gasteiger partial charge in [0.2, 0.25) is 0 Å². The molecule has 0 aromatic carbocycles. The van der Waals surface area contributed by atoms with Crippen molar-refractivity contribution < 1.29 is 22.4 Å². The van der Waals surface area contributed by atoms with Crippen molar-refractivity contribution in [1.29, 1.82) is 0 Å². The van der Waals surface area contributed by atoms with Crippen molar-refractivity contribution >= 4 is 34.1 Å². The van der Waals surface area contributed by atoms with Crippen molar-refractivity contribution in [2.24, 2.45) is 0 Å². The standard InChI is InChI=1S/C26H47N5O5Si2/c1-15(2)30-24-21-25(28-13-27-24)31(14-29-21)26-23(32-11)22-20(34-26)12-33-37(16(3)4,17(5)6)36-38(35-22,18(7)8)19(9)10/h13-20,22-23,26H,12H2,1-11H3,(H,27,28,30)/t20-,22?,23?,26-/m1/s1. The second kappa shape index (κ2) is 11.2. The van der Waals surface area contributed by atoms with Gasteiger partial charge in [-0.15, -0.1) is 0 Å². The lowest BCUT2D eigenvalue weighted by Gasteiger charge is -2.51.